The van der Waals surface area contributed by atoms with Crippen LogP contribution in [0.5, 0.6) is 5.75 Å². The van der Waals surface area contributed by atoms with E-state index < -0.39 is 6.04 Å². The zero-order chi connectivity index (χ0) is 25.3. The summed E-state index contributed by atoms with van der Waals surface area (Å²) in [6, 6.07) is 11.2. The molecule has 0 aliphatic heterocycles. The average molecular weight is 493 g/mol. The summed E-state index contributed by atoms with van der Waals surface area (Å²) in [4.78, 5) is 45.5. The maximum absolute atomic E-state index is 13.6. The molecule has 8 nitrogen and oxygen atoms in total. The van der Waals surface area contributed by atoms with Crippen LogP contribution in [0, 0.1) is 0 Å². The van der Waals surface area contributed by atoms with Crippen molar-refractivity contribution in [3.63, 3.8) is 0 Å². The third-order valence-electron chi connectivity index (χ3n) is 7.17. The first-order chi connectivity index (χ1) is 17.5. The zero-order valence-corrected chi connectivity index (χ0v) is 20.7. The molecule has 1 aromatic carbocycles. The van der Waals surface area contributed by atoms with Gasteiger partial charge in [0.05, 0.1) is 0 Å². The van der Waals surface area contributed by atoms with Crippen LogP contribution in [-0.2, 0) is 14.4 Å². The van der Waals surface area contributed by atoms with Gasteiger partial charge < -0.3 is 20.6 Å². The van der Waals surface area contributed by atoms with Crippen molar-refractivity contribution in [1.82, 2.24) is 15.2 Å². The first-order valence-corrected chi connectivity index (χ1v) is 13.1. The van der Waals surface area contributed by atoms with Gasteiger partial charge in [-0.15, -0.1) is 0 Å². The van der Waals surface area contributed by atoms with Crippen molar-refractivity contribution < 1.29 is 19.5 Å². The van der Waals surface area contributed by atoms with Crippen LogP contribution in [0.15, 0.2) is 48.7 Å². The van der Waals surface area contributed by atoms with Crippen molar-refractivity contribution in [3.05, 3.63) is 54.2 Å². The summed E-state index contributed by atoms with van der Waals surface area (Å²) < 4.78 is 0. The summed E-state index contributed by atoms with van der Waals surface area (Å²) in [7, 11) is 0. The molecule has 192 valence electrons. The summed E-state index contributed by atoms with van der Waals surface area (Å²) in [6.45, 7) is 0. The predicted octanol–water partition coefficient (Wildman–Crippen LogP) is 4.47. The van der Waals surface area contributed by atoms with Crippen LogP contribution in [0.25, 0.3) is 0 Å². The van der Waals surface area contributed by atoms with Gasteiger partial charge in [0.15, 0.2) is 0 Å². The van der Waals surface area contributed by atoms with E-state index in [0.29, 0.717) is 17.8 Å². The standard InChI is InChI=1S/C28H36N4O4/c33-23-17-15-20(16-18-23)27(28(36)30-21-8-1-2-9-21)32(22-10-3-4-11-22)26(35)14-7-13-25(34)31-24-12-5-6-19-29-24/h5-6,12,15-19,21-22,27,33H,1-4,7-11,13-14H2,(H,30,36)(H,29,31,34). The monoisotopic (exact) mass is 492 g/mol. The molecule has 2 aromatic rings. The Labute approximate surface area is 212 Å². The van der Waals surface area contributed by atoms with E-state index in [1.807, 2.05) is 0 Å². The van der Waals surface area contributed by atoms with E-state index in [1.54, 1.807) is 53.6 Å². The Morgan fingerprint density at radius 2 is 1.64 bits per heavy atom. The summed E-state index contributed by atoms with van der Waals surface area (Å²) >= 11 is 0. The fourth-order valence-corrected chi connectivity index (χ4v) is 5.36. The Hall–Kier alpha value is -3.42. The van der Waals surface area contributed by atoms with E-state index in [2.05, 4.69) is 15.6 Å². The van der Waals surface area contributed by atoms with Crippen LogP contribution in [0.1, 0.15) is 82.2 Å². The van der Waals surface area contributed by atoms with Crippen LogP contribution in [-0.4, -0.2) is 44.8 Å². The van der Waals surface area contributed by atoms with Crippen LogP contribution in [0.3, 0.4) is 0 Å². The lowest BCUT2D eigenvalue weighted by molar-refractivity contribution is -0.144. The Kier molecular flexibility index (Phi) is 8.92. The molecule has 0 radical (unpaired) electrons. The van der Waals surface area contributed by atoms with Crippen LogP contribution < -0.4 is 10.6 Å². The number of aromatic nitrogens is 1. The average Bonchev–Trinajstić information content (AvgIpc) is 3.58. The largest absolute Gasteiger partial charge is 0.508 e. The van der Waals surface area contributed by atoms with Gasteiger partial charge >= 0.3 is 0 Å². The van der Waals surface area contributed by atoms with Gasteiger partial charge in [0.1, 0.15) is 17.6 Å². The number of phenolic OH excluding ortho intramolecular Hbond substituents is 1. The first-order valence-electron chi connectivity index (χ1n) is 13.1. The Bertz CT molecular complexity index is 1020. The van der Waals surface area contributed by atoms with Gasteiger partial charge in [-0.2, -0.15) is 0 Å². The van der Waals surface area contributed by atoms with Gasteiger partial charge in [-0.3, -0.25) is 14.4 Å². The number of phenols is 1. The molecule has 3 amide bonds. The van der Waals surface area contributed by atoms with Crippen LogP contribution >= 0.6 is 0 Å². The molecule has 1 unspecified atom stereocenters. The number of nitrogens with one attached hydrogen (secondary N) is 2. The predicted molar refractivity (Wildman–Crippen MR) is 137 cm³/mol. The normalized spacial score (nSPS) is 17.0. The number of anilines is 1. The Morgan fingerprint density at radius 1 is 0.944 bits per heavy atom. The minimum Gasteiger partial charge on any atom is -0.508 e. The molecule has 2 aliphatic rings. The van der Waals surface area contributed by atoms with E-state index >= 15 is 0 Å². The second kappa shape index (κ2) is 12.5. The third kappa shape index (κ3) is 6.83. The van der Waals surface area contributed by atoms with Gasteiger partial charge in [-0.25, -0.2) is 4.98 Å². The number of pyridine rings is 1. The van der Waals surface area contributed by atoms with Crippen molar-refractivity contribution in [1.29, 1.82) is 0 Å². The Morgan fingerprint density at radius 3 is 2.31 bits per heavy atom. The molecule has 1 atom stereocenters. The fraction of sp³-hybridized carbons (Fsp3) is 0.500. The SMILES string of the molecule is O=C(CCCC(=O)N(C1CCCC1)C(C(=O)NC1CCCC1)c1ccc(O)cc1)Nc1ccccn1. The smallest absolute Gasteiger partial charge is 0.247 e. The quantitative estimate of drug-likeness (QED) is 0.453. The molecular weight excluding hydrogens is 456 g/mol. The molecule has 1 heterocycles. The summed E-state index contributed by atoms with van der Waals surface area (Å²) in [5.41, 5.74) is 0.691. The number of amides is 3. The molecule has 1 aromatic heterocycles. The van der Waals surface area contributed by atoms with Crippen LogP contribution in [0.4, 0.5) is 5.82 Å². The fourth-order valence-electron chi connectivity index (χ4n) is 5.36. The maximum atomic E-state index is 13.6. The van der Waals surface area contributed by atoms with E-state index in [9.17, 15) is 19.5 Å². The molecule has 3 N–H and O–H groups in total. The van der Waals surface area contributed by atoms with Gasteiger partial charge in [-0.1, -0.05) is 43.9 Å². The number of carbonyl (C=O) groups is 3. The molecule has 0 spiro atoms. The van der Waals surface area contributed by atoms with Crippen molar-refractivity contribution in [2.75, 3.05) is 5.32 Å². The lowest BCUT2D eigenvalue weighted by Crippen LogP contribution is -2.49. The summed E-state index contributed by atoms with van der Waals surface area (Å²) in [5.74, 6) is 0.125. The number of carbonyl (C=O) groups excluding carboxylic acids is 3. The lowest BCUT2D eigenvalue weighted by atomic mass is 9.99. The molecule has 2 saturated carbocycles. The van der Waals surface area contributed by atoms with Gasteiger partial charge in [0, 0.05) is 31.1 Å². The molecule has 0 saturated heterocycles. The highest BCUT2D eigenvalue weighted by Gasteiger charge is 2.38. The van der Waals surface area contributed by atoms with Gasteiger partial charge in [0.25, 0.3) is 0 Å². The molecule has 8 heteroatoms. The molecule has 36 heavy (non-hydrogen) atoms. The van der Waals surface area contributed by atoms with E-state index in [0.717, 1.165) is 51.4 Å². The molecule has 4 rings (SSSR count). The second-order valence-corrected chi connectivity index (χ2v) is 9.84. The lowest BCUT2D eigenvalue weighted by Gasteiger charge is -2.37. The van der Waals surface area contributed by atoms with Crippen molar-refractivity contribution >= 4 is 23.5 Å². The highest BCUT2D eigenvalue weighted by molar-refractivity contribution is 5.91. The number of nitrogens with zero attached hydrogens (tertiary/aromatic N) is 2. The second-order valence-electron chi connectivity index (χ2n) is 9.84. The van der Waals surface area contributed by atoms with Gasteiger partial charge in [0.2, 0.25) is 17.7 Å². The first kappa shape index (κ1) is 25.7. The third-order valence-corrected chi connectivity index (χ3v) is 7.17. The van der Waals surface area contributed by atoms with E-state index in [-0.39, 0.29) is 48.4 Å². The number of hydrogen-bond donors (Lipinski definition) is 3. The minimum absolute atomic E-state index is 0.0204. The number of hydrogen-bond acceptors (Lipinski definition) is 5. The van der Waals surface area contributed by atoms with Crippen molar-refractivity contribution in [2.45, 2.75) is 88.8 Å². The van der Waals surface area contributed by atoms with Crippen LogP contribution in [0.2, 0.25) is 0 Å². The van der Waals surface area contributed by atoms with Crippen molar-refractivity contribution in [3.8, 4) is 5.75 Å². The maximum Gasteiger partial charge on any atom is 0.247 e. The summed E-state index contributed by atoms with van der Waals surface area (Å²) in [6.07, 6.45) is 10.2. The number of rotatable bonds is 10. The molecule has 0 bridgehead atoms. The minimum atomic E-state index is -0.760. The topological polar surface area (TPSA) is 112 Å². The molecule has 2 fully saturated rings. The highest BCUT2D eigenvalue weighted by atomic mass is 16.3. The molecular formula is C28H36N4O4. The molecule has 2 aliphatic carbocycles. The Balaban J connectivity index is 1.48. The van der Waals surface area contributed by atoms with E-state index in [1.165, 1.54) is 0 Å². The van der Waals surface area contributed by atoms with E-state index in [4.69, 9.17) is 0 Å². The zero-order valence-electron chi connectivity index (χ0n) is 20.7. The van der Waals surface area contributed by atoms with Crippen molar-refractivity contribution in [2.24, 2.45) is 0 Å². The number of aromatic hydroxyl groups is 1. The summed E-state index contributed by atoms with van der Waals surface area (Å²) in [5, 5.41) is 15.8. The highest BCUT2D eigenvalue weighted by Crippen LogP contribution is 2.34. The number of benzene rings is 1. The van der Waals surface area contributed by atoms with Gasteiger partial charge in [-0.05, 0) is 61.9 Å².